The van der Waals surface area contributed by atoms with Gasteiger partial charge in [0.05, 0.1) is 0 Å². The van der Waals surface area contributed by atoms with E-state index in [4.69, 9.17) is 5.11 Å². The van der Waals surface area contributed by atoms with Gasteiger partial charge in [0, 0.05) is 12.5 Å². The Morgan fingerprint density at radius 1 is 1.45 bits per heavy atom. The van der Waals surface area contributed by atoms with Crippen molar-refractivity contribution in [1.82, 2.24) is 0 Å². The lowest BCUT2D eigenvalue weighted by Gasteiger charge is -2.12. The summed E-state index contributed by atoms with van der Waals surface area (Å²) in [6.45, 7) is 8.29. The Kier molecular flexibility index (Phi) is 6.24. The van der Waals surface area contributed by atoms with Gasteiger partial charge in [-0.15, -0.1) is 0 Å². The molecule has 1 nitrogen and oxygen atoms in total. The number of unbranched alkanes of at least 4 members (excludes halogenated alkanes) is 2. The Balaban J connectivity index is 3.44. The Bertz CT molecular complexity index is 107. The molecule has 11 heavy (non-hydrogen) atoms. The Morgan fingerprint density at radius 3 is 2.45 bits per heavy atom. The number of hydrogen-bond donors (Lipinski definition) is 1. The van der Waals surface area contributed by atoms with Crippen molar-refractivity contribution in [3.8, 4) is 0 Å². The molecule has 1 atom stereocenters. The average Bonchev–Trinajstić information content (AvgIpc) is 1.97. The van der Waals surface area contributed by atoms with Crippen LogP contribution in [0.4, 0.5) is 0 Å². The van der Waals surface area contributed by atoms with Crippen LogP contribution in [0.3, 0.4) is 0 Å². The van der Waals surface area contributed by atoms with Gasteiger partial charge in [0.2, 0.25) is 0 Å². The van der Waals surface area contributed by atoms with Crippen LogP contribution in [0.2, 0.25) is 0 Å². The van der Waals surface area contributed by atoms with Gasteiger partial charge >= 0.3 is 0 Å². The normalized spacial score (nSPS) is 13.0. The molecule has 0 heterocycles. The summed E-state index contributed by atoms with van der Waals surface area (Å²) in [5.41, 5.74) is 1.11. The Morgan fingerprint density at radius 2 is 2.09 bits per heavy atom. The summed E-state index contributed by atoms with van der Waals surface area (Å²) < 4.78 is 0. The van der Waals surface area contributed by atoms with Crippen LogP contribution in [-0.2, 0) is 0 Å². The summed E-state index contributed by atoms with van der Waals surface area (Å²) in [6, 6.07) is 0. The molecule has 0 rings (SSSR count). The molecule has 0 fully saturated rings. The highest BCUT2D eigenvalue weighted by molar-refractivity contribution is 4.95. The van der Waals surface area contributed by atoms with E-state index in [-0.39, 0.29) is 6.61 Å². The average molecular weight is 156 g/mol. The molecular formula is C10H20O. The number of hydrogen-bond acceptors (Lipinski definition) is 1. The number of aliphatic hydroxyl groups is 1. The predicted molar refractivity (Wildman–Crippen MR) is 49.5 cm³/mol. The Labute approximate surface area is 70.1 Å². The second kappa shape index (κ2) is 6.41. The smallest absolute Gasteiger partial charge is 0.0496 e. The molecule has 0 aliphatic heterocycles. The zero-order valence-electron chi connectivity index (χ0n) is 7.77. The molecule has 66 valence electrons. The SMILES string of the molecule is C=C(C)C(CO)CCCCC. The lowest BCUT2D eigenvalue weighted by atomic mass is 9.96. The van der Waals surface area contributed by atoms with Gasteiger partial charge < -0.3 is 5.11 Å². The predicted octanol–water partition coefficient (Wildman–Crippen LogP) is 2.75. The van der Waals surface area contributed by atoms with Crippen molar-refractivity contribution in [2.45, 2.75) is 39.5 Å². The zero-order chi connectivity index (χ0) is 8.69. The zero-order valence-corrected chi connectivity index (χ0v) is 7.77. The second-order valence-electron chi connectivity index (χ2n) is 3.22. The molecule has 0 bridgehead atoms. The molecule has 0 saturated carbocycles. The number of rotatable bonds is 6. The van der Waals surface area contributed by atoms with Gasteiger partial charge in [-0.3, -0.25) is 0 Å². The van der Waals surface area contributed by atoms with Crippen LogP contribution in [0.1, 0.15) is 39.5 Å². The van der Waals surface area contributed by atoms with Gasteiger partial charge in [0.25, 0.3) is 0 Å². The molecule has 0 aromatic carbocycles. The minimum absolute atomic E-state index is 0.263. The fourth-order valence-corrected chi connectivity index (χ4v) is 1.13. The lowest BCUT2D eigenvalue weighted by molar-refractivity contribution is 0.237. The van der Waals surface area contributed by atoms with Crippen molar-refractivity contribution in [2.75, 3.05) is 6.61 Å². The van der Waals surface area contributed by atoms with E-state index in [0.29, 0.717) is 5.92 Å². The van der Waals surface area contributed by atoms with E-state index in [2.05, 4.69) is 13.5 Å². The van der Waals surface area contributed by atoms with Crippen molar-refractivity contribution in [3.05, 3.63) is 12.2 Å². The molecular weight excluding hydrogens is 136 g/mol. The van der Waals surface area contributed by atoms with E-state index in [1.807, 2.05) is 6.92 Å². The third-order valence-corrected chi connectivity index (χ3v) is 2.07. The first-order chi connectivity index (χ1) is 5.22. The molecule has 0 aromatic heterocycles. The highest BCUT2D eigenvalue weighted by atomic mass is 16.3. The van der Waals surface area contributed by atoms with E-state index >= 15 is 0 Å². The molecule has 0 radical (unpaired) electrons. The molecule has 1 heteroatoms. The molecule has 0 spiro atoms. The van der Waals surface area contributed by atoms with Gasteiger partial charge in [0.1, 0.15) is 0 Å². The second-order valence-corrected chi connectivity index (χ2v) is 3.22. The van der Waals surface area contributed by atoms with E-state index < -0.39 is 0 Å². The number of aliphatic hydroxyl groups excluding tert-OH is 1. The van der Waals surface area contributed by atoms with Crippen LogP contribution < -0.4 is 0 Å². The first-order valence-corrected chi connectivity index (χ1v) is 4.48. The van der Waals surface area contributed by atoms with Gasteiger partial charge in [-0.2, -0.15) is 0 Å². The molecule has 1 N–H and O–H groups in total. The molecule has 0 aromatic rings. The topological polar surface area (TPSA) is 20.2 Å². The largest absolute Gasteiger partial charge is 0.396 e. The maximum atomic E-state index is 8.93. The van der Waals surface area contributed by atoms with E-state index in [9.17, 15) is 0 Å². The highest BCUT2D eigenvalue weighted by Gasteiger charge is 2.06. The first kappa shape index (κ1) is 10.7. The Hall–Kier alpha value is -0.300. The maximum absolute atomic E-state index is 8.93. The van der Waals surface area contributed by atoms with Crippen LogP contribution in [0.15, 0.2) is 12.2 Å². The summed E-state index contributed by atoms with van der Waals surface area (Å²) in [4.78, 5) is 0. The summed E-state index contributed by atoms with van der Waals surface area (Å²) in [5, 5.41) is 8.93. The molecule has 0 saturated heterocycles. The third-order valence-electron chi connectivity index (χ3n) is 2.07. The summed E-state index contributed by atoms with van der Waals surface area (Å²) in [7, 11) is 0. The van der Waals surface area contributed by atoms with Gasteiger partial charge in [-0.25, -0.2) is 0 Å². The standard InChI is InChI=1S/C10H20O/c1-4-5-6-7-10(8-11)9(2)3/h10-11H,2,4-8H2,1,3H3. The fourth-order valence-electron chi connectivity index (χ4n) is 1.13. The minimum atomic E-state index is 0.263. The van der Waals surface area contributed by atoms with Crippen molar-refractivity contribution in [2.24, 2.45) is 5.92 Å². The third kappa shape index (κ3) is 5.02. The van der Waals surface area contributed by atoms with Crippen LogP contribution in [0.25, 0.3) is 0 Å². The monoisotopic (exact) mass is 156 g/mol. The molecule has 1 unspecified atom stereocenters. The van der Waals surface area contributed by atoms with Crippen molar-refractivity contribution in [3.63, 3.8) is 0 Å². The summed E-state index contributed by atoms with van der Waals surface area (Å²) >= 11 is 0. The van der Waals surface area contributed by atoms with Crippen LogP contribution in [-0.4, -0.2) is 11.7 Å². The van der Waals surface area contributed by atoms with E-state index in [1.54, 1.807) is 0 Å². The van der Waals surface area contributed by atoms with Crippen LogP contribution >= 0.6 is 0 Å². The quantitative estimate of drug-likeness (QED) is 0.463. The first-order valence-electron chi connectivity index (χ1n) is 4.48. The fraction of sp³-hybridized carbons (Fsp3) is 0.800. The van der Waals surface area contributed by atoms with Crippen molar-refractivity contribution < 1.29 is 5.11 Å². The molecule has 0 amide bonds. The molecule has 0 aliphatic carbocycles. The van der Waals surface area contributed by atoms with Gasteiger partial charge in [-0.1, -0.05) is 38.3 Å². The van der Waals surface area contributed by atoms with E-state index in [1.165, 1.54) is 19.3 Å². The summed E-state index contributed by atoms with van der Waals surface area (Å²) in [5.74, 6) is 0.335. The summed E-state index contributed by atoms with van der Waals surface area (Å²) in [6.07, 6.45) is 4.83. The van der Waals surface area contributed by atoms with Gasteiger partial charge in [-0.05, 0) is 13.3 Å². The van der Waals surface area contributed by atoms with Crippen molar-refractivity contribution >= 4 is 0 Å². The van der Waals surface area contributed by atoms with Crippen LogP contribution in [0.5, 0.6) is 0 Å². The van der Waals surface area contributed by atoms with Crippen LogP contribution in [0, 0.1) is 5.92 Å². The molecule has 0 aliphatic rings. The van der Waals surface area contributed by atoms with Gasteiger partial charge in [0.15, 0.2) is 0 Å². The van der Waals surface area contributed by atoms with Crippen molar-refractivity contribution in [1.29, 1.82) is 0 Å². The maximum Gasteiger partial charge on any atom is 0.0496 e. The van der Waals surface area contributed by atoms with E-state index in [0.717, 1.165) is 12.0 Å². The highest BCUT2D eigenvalue weighted by Crippen LogP contribution is 2.15. The lowest BCUT2D eigenvalue weighted by Crippen LogP contribution is -2.06. The minimum Gasteiger partial charge on any atom is -0.396 e.